The number of nitro groups is 1. The van der Waals surface area contributed by atoms with Crippen LogP contribution < -0.4 is 9.46 Å². The van der Waals surface area contributed by atoms with Crippen molar-refractivity contribution in [1.29, 1.82) is 0 Å². The average Bonchev–Trinajstić information content (AvgIpc) is 2.54. The van der Waals surface area contributed by atoms with E-state index < -0.39 is 27.5 Å². The highest BCUT2D eigenvalue weighted by atomic mass is 32.2. The van der Waals surface area contributed by atoms with Crippen LogP contribution in [0.25, 0.3) is 0 Å². The molecule has 0 aliphatic rings. The lowest BCUT2D eigenvalue weighted by atomic mass is 10.3. The number of carbonyl (C=O) groups is 1. The molecule has 10 heteroatoms. The standard InChI is InChI=1S/C14H12N2O7S/c17-14(18)9-23-12-5-1-10(2-6-12)15-24(21,22)13-7-3-11(4-8-13)16(19)20/h1-8,15H,9H2,(H,17,18). The zero-order valence-corrected chi connectivity index (χ0v) is 12.9. The monoisotopic (exact) mass is 352 g/mol. The topological polar surface area (TPSA) is 136 Å². The van der Waals surface area contributed by atoms with Crippen molar-refractivity contribution in [3.05, 3.63) is 58.6 Å². The summed E-state index contributed by atoms with van der Waals surface area (Å²) in [6.45, 7) is -0.506. The van der Waals surface area contributed by atoms with Crippen LogP contribution in [-0.4, -0.2) is 31.0 Å². The first kappa shape index (κ1) is 17.2. The van der Waals surface area contributed by atoms with Gasteiger partial charge in [-0.3, -0.25) is 14.8 Å². The highest BCUT2D eigenvalue weighted by molar-refractivity contribution is 7.92. The van der Waals surface area contributed by atoms with Crippen molar-refractivity contribution in [3.63, 3.8) is 0 Å². The van der Waals surface area contributed by atoms with E-state index in [0.29, 0.717) is 0 Å². The Morgan fingerprint density at radius 1 is 1.12 bits per heavy atom. The second kappa shape index (κ2) is 6.96. The lowest BCUT2D eigenvalue weighted by Crippen LogP contribution is -2.13. The van der Waals surface area contributed by atoms with Gasteiger partial charge in [0, 0.05) is 17.8 Å². The van der Waals surface area contributed by atoms with Gasteiger partial charge in [0.25, 0.3) is 15.7 Å². The summed E-state index contributed by atoms with van der Waals surface area (Å²) in [6.07, 6.45) is 0. The summed E-state index contributed by atoms with van der Waals surface area (Å²) in [7, 11) is -3.90. The SMILES string of the molecule is O=C(O)COc1ccc(NS(=O)(=O)c2ccc([N+](=O)[O-])cc2)cc1. The predicted octanol–water partition coefficient (Wildman–Crippen LogP) is 1.86. The number of aliphatic carboxylic acids is 1. The summed E-state index contributed by atoms with van der Waals surface area (Å²) in [5.41, 5.74) is 0.0184. The minimum absolute atomic E-state index is 0.126. The molecular weight excluding hydrogens is 340 g/mol. The van der Waals surface area contributed by atoms with Crippen LogP contribution in [0.15, 0.2) is 53.4 Å². The van der Waals surface area contributed by atoms with Gasteiger partial charge in [-0.2, -0.15) is 0 Å². The molecule has 0 saturated heterocycles. The van der Waals surface area contributed by atoms with Crippen LogP contribution >= 0.6 is 0 Å². The number of carboxylic acid groups (broad SMARTS) is 1. The van der Waals surface area contributed by atoms with Crippen LogP contribution in [0.2, 0.25) is 0 Å². The van der Waals surface area contributed by atoms with Crippen LogP contribution in [0.1, 0.15) is 0 Å². The van der Waals surface area contributed by atoms with E-state index in [1.165, 1.54) is 24.3 Å². The predicted molar refractivity (Wildman–Crippen MR) is 83.5 cm³/mol. The third-order valence-electron chi connectivity index (χ3n) is 2.83. The number of anilines is 1. The molecule has 9 nitrogen and oxygen atoms in total. The van der Waals surface area contributed by atoms with E-state index >= 15 is 0 Å². The van der Waals surface area contributed by atoms with Gasteiger partial charge < -0.3 is 9.84 Å². The molecule has 0 fully saturated rings. The first-order valence-corrected chi connectivity index (χ1v) is 7.98. The molecule has 0 spiro atoms. The Morgan fingerprint density at radius 2 is 1.71 bits per heavy atom. The van der Waals surface area contributed by atoms with E-state index in [-0.39, 0.29) is 22.0 Å². The van der Waals surface area contributed by atoms with Gasteiger partial charge in [-0.05, 0) is 36.4 Å². The number of ether oxygens (including phenoxy) is 1. The zero-order chi connectivity index (χ0) is 17.7. The van der Waals surface area contributed by atoms with Gasteiger partial charge in [-0.25, -0.2) is 13.2 Å². The smallest absolute Gasteiger partial charge is 0.341 e. The number of sulfonamides is 1. The summed E-state index contributed by atoms with van der Waals surface area (Å²) in [5, 5.41) is 19.1. The van der Waals surface area contributed by atoms with E-state index in [2.05, 4.69) is 4.72 Å². The molecule has 0 amide bonds. The summed E-state index contributed by atoms with van der Waals surface area (Å²) in [4.78, 5) is 20.2. The minimum atomic E-state index is -3.90. The Balaban J connectivity index is 2.11. The van der Waals surface area contributed by atoms with Crippen molar-refractivity contribution in [2.24, 2.45) is 0 Å². The Morgan fingerprint density at radius 3 is 2.21 bits per heavy atom. The molecule has 0 aromatic heterocycles. The Bertz CT molecular complexity index is 846. The molecule has 0 aliphatic heterocycles. The number of benzene rings is 2. The maximum Gasteiger partial charge on any atom is 0.341 e. The molecule has 0 saturated carbocycles. The van der Waals surface area contributed by atoms with Crippen molar-refractivity contribution in [2.45, 2.75) is 4.90 Å². The summed E-state index contributed by atoms with van der Waals surface area (Å²) in [6, 6.07) is 10.1. The molecule has 0 atom stereocenters. The lowest BCUT2D eigenvalue weighted by Gasteiger charge is -2.09. The van der Waals surface area contributed by atoms with Gasteiger partial charge >= 0.3 is 5.97 Å². The Labute approximate surface area is 136 Å². The van der Waals surface area contributed by atoms with Crippen molar-refractivity contribution < 1.29 is 28.0 Å². The quantitative estimate of drug-likeness (QED) is 0.573. The van der Waals surface area contributed by atoms with Crippen LogP contribution in [0.5, 0.6) is 5.75 Å². The van der Waals surface area contributed by atoms with Crippen LogP contribution in [0, 0.1) is 10.1 Å². The minimum Gasteiger partial charge on any atom is -0.482 e. The third kappa shape index (κ3) is 4.43. The molecule has 2 rings (SSSR count). The third-order valence-corrected chi connectivity index (χ3v) is 4.22. The second-order valence-electron chi connectivity index (χ2n) is 4.56. The fraction of sp³-hybridized carbons (Fsp3) is 0.0714. The molecule has 0 unspecified atom stereocenters. The summed E-state index contributed by atoms with van der Waals surface area (Å²) in [5.74, 6) is -0.853. The molecule has 0 heterocycles. The maximum absolute atomic E-state index is 12.2. The number of carboxylic acids is 1. The number of hydrogen-bond donors (Lipinski definition) is 2. The molecule has 0 aliphatic carbocycles. The van der Waals surface area contributed by atoms with Crippen molar-refractivity contribution in [1.82, 2.24) is 0 Å². The van der Waals surface area contributed by atoms with Crippen LogP contribution in [0.4, 0.5) is 11.4 Å². The van der Waals surface area contributed by atoms with Gasteiger partial charge in [-0.1, -0.05) is 0 Å². The van der Waals surface area contributed by atoms with Crippen LogP contribution in [0.3, 0.4) is 0 Å². The number of rotatable bonds is 7. The van der Waals surface area contributed by atoms with E-state index in [1.54, 1.807) is 0 Å². The van der Waals surface area contributed by atoms with Gasteiger partial charge in [0.1, 0.15) is 5.75 Å². The summed E-state index contributed by atoms with van der Waals surface area (Å²) >= 11 is 0. The molecule has 2 aromatic carbocycles. The molecule has 0 bridgehead atoms. The molecule has 0 radical (unpaired) electrons. The number of nitrogens with zero attached hydrogens (tertiary/aromatic N) is 1. The number of non-ortho nitro benzene ring substituents is 1. The molecule has 126 valence electrons. The first-order chi connectivity index (χ1) is 11.3. The number of nitrogens with one attached hydrogen (secondary N) is 1. The molecule has 2 aromatic rings. The van der Waals surface area contributed by atoms with E-state index in [4.69, 9.17) is 9.84 Å². The average molecular weight is 352 g/mol. The number of nitro benzene ring substituents is 1. The van der Waals surface area contributed by atoms with E-state index in [9.17, 15) is 23.3 Å². The highest BCUT2D eigenvalue weighted by Crippen LogP contribution is 2.21. The Kier molecular flexibility index (Phi) is 4.99. The normalized spacial score (nSPS) is 10.8. The maximum atomic E-state index is 12.2. The largest absolute Gasteiger partial charge is 0.482 e. The fourth-order valence-electron chi connectivity index (χ4n) is 1.73. The van der Waals surface area contributed by atoms with Gasteiger partial charge in [0.2, 0.25) is 0 Å². The van der Waals surface area contributed by atoms with Crippen molar-refractivity contribution in [3.8, 4) is 5.75 Å². The highest BCUT2D eigenvalue weighted by Gasteiger charge is 2.16. The number of hydrogen-bond acceptors (Lipinski definition) is 6. The molecule has 2 N–H and O–H groups in total. The molecule has 24 heavy (non-hydrogen) atoms. The van der Waals surface area contributed by atoms with Crippen LogP contribution in [-0.2, 0) is 14.8 Å². The van der Waals surface area contributed by atoms with Crippen molar-refractivity contribution >= 4 is 27.4 Å². The van der Waals surface area contributed by atoms with E-state index in [0.717, 1.165) is 24.3 Å². The molecular formula is C14H12N2O7S. The zero-order valence-electron chi connectivity index (χ0n) is 12.1. The fourth-order valence-corrected chi connectivity index (χ4v) is 2.78. The summed E-state index contributed by atoms with van der Waals surface area (Å²) < 4.78 is 31.6. The lowest BCUT2D eigenvalue weighted by molar-refractivity contribution is -0.384. The first-order valence-electron chi connectivity index (χ1n) is 6.50. The Hall–Kier alpha value is -3.14. The van der Waals surface area contributed by atoms with E-state index in [1.807, 2.05) is 0 Å². The van der Waals surface area contributed by atoms with Crippen molar-refractivity contribution in [2.75, 3.05) is 11.3 Å². The second-order valence-corrected chi connectivity index (χ2v) is 6.25. The van der Waals surface area contributed by atoms with Gasteiger partial charge in [0.05, 0.1) is 9.82 Å². The van der Waals surface area contributed by atoms with Gasteiger partial charge in [0.15, 0.2) is 6.61 Å². The van der Waals surface area contributed by atoms with Gasteiger partial charge in [-0.15, -0.1) is 0 Å².